The van der Waals surface area contributed by atoms with E-state index in [4.69, 9.17) is 11.6 Å². The number of fused-ring (bicyclic) bond motifs is 1. The van der Waals surface area contributed by atoms with Crippen molar-refractivity contribution in [3.8, 4) is 0 Å². The molecular formula is C25H33ClN4O3. The zero-order valence-corrected chi connectivity index (χ0v) is 20.0. The summed E-state index contributed by atoms with van der Waals surface area (Å²) in [5.41, 5.74) is 1.44. The maximum atomic E-state index is 12.8. The summed E-state index contributed by atoms with van der Waals surface area (Å²) in [7, 11) is 1.82. The Hall–Kier alpha value is -2.38. The average Bonchev–Trinajstić information content (AvgIpc) is 3.20. The minimum Gasteiger partial charge on any atom is -0.411 e. The Morgan fingerprint density at radius 2 is 1.82 bits per heavy atom. The normalized spacial score (nSPS) is 25.5. The highest BCUT2D eigenvalue weighted by Gasteiger charge is 2.41. The first-order valence-electron chi connectivity index (χ1n) is 11.9. The molecule has 2 fully saturated rings. The van der Waals surface area contributed by atoms with Crippen molar-refractivity contribution < 1.29 is 14.8 Å². The molecule has 1 aromatic rings. The predicted molar refractivity (Wildman–Crippen MR) is 129 cm³/mol. The number of piperidine rings is 1. The van der Waals surface area contributed by atoms with Crippen LogP contribution in [0.5, 0.6) is 0 Å². The molecule has 0 spiro atoms. The van der Waals surface area contributed by atoms with Crippen molar-refractivity contribution in [2.24, 2.45) is 17.0 Å². The summed E-state index contributed by atoms with van der Waals surface area (Å²) >= 11 is 5.93. The number of nitrogens with zero attached hydrogens (tertiary/aromatic N) is 4. The first-order chi connectivity index (χ1) is 16.0. The fourth-order valence-corrected chi connectivity index (χ4v) is 5.34. The summed E-state index contributed by atoms with van der Waals surface area (Å²) in [5, 5.41) is 13.5. The fourth-order valence-electron chi connectivity index (χ4n) is 5.21. The third-order valence-electron chi connectivity index (χ3n) is 7.26. The fraction of sp³-hybridized carbons (Fsp3) is 0.560. The molecule has 0 aliphatic carbocycles. The molecule has 3 aliphatic heterocycles. The number of likely N-dealkylation sites (N-methyl/N-ethyl adjacent to an activating group) is 1. The van der Waals surface area contributed by atoms with Crippen LogP contribution in [-0.4, -0.2) is 83.1 Å². The monoisotopic (exact) mass is 472 g/mol. The Balaban J connectivity index is 1.20. The van der Waals surface area contributed by atoms with Gasteiger partial charge in [-0.2, -0.15) is 0 Å². The molecule has 1 aromatic carbocycles. The van der Waals surface area contributed by atoms with E-state index < -0.39 is 0 Å². The van der Waals surface area contributed by atoms with Gasteiger partial charge in [0.15, 0.2) is 5.78 Å². The van der Waals surface area contributed by atoms with Crippen LogP contribution in [0.25, 0.3) is 0 Å². The highest BCUT2D eigenvalue weighted by molar-refractivity contribution is 6.30. The topological polar surface area (TPSA) is 76.5 Å². The van der Waals surface area contributed by atoms with Gasteiger partial charge in [0.1, 0.15) is 6.04 Å². The molecular weight excluding hydrogens is 440 g/mol. The molecule has 8 heteroatoms. The molecule has 1 N–H and O–H groups in total. The first kappa shape index (κ1) is 23.8. The Kier molecular flexibility index (Phi) is 7.71. The number of Topliss-reactive ketones (excluding diaryl/α,β-unsaturated/α-hetero) is 1. The van der Waals surface area contributed by atoms with Crippen LogP contribution in [0.15, 0.2) is 41.7 Å². The van der Waals surface area contributed by atoms with Crippen LogP contribution in [0.4, 0.5) is 0 Å². The van der Waals surface area contributed by atoms with Gasteiger partial charge < -0.3 is 19.9 Å². The number of carbonyl (C=O) groups excluding carboxylic acids is 2. The van der Waals surface area contributed by atoms with E-state index in [0.717, 1.165) is 57.4 Å². The first-order valence-corrected chi connectivity index (χ1v) is 12.3. The van der Waals surface area contributed by atoms with E-state index in [1.165, 1.54) is 0 Å². The van der Waals surface area contributed by atoms with E-state index in [1.54, 1.807) is 17.0 Å². The van der Waals surface area contributed by atoms with Gasteiger partial charge >= 0.3 is 0 Å². The molecule has 3 heterocycles. The Morgan fingerprint density at radius 1 is 1.12 bits per heavy atom. The van der Waals surface area contributed by atoms with Crippen LogP contribution in [0, 0.1) is 11.8 Å². The SMILES string of the molecule is CN1CC/C(=N/O)C2C=CN(CCCCN3CCC(C(=O)c4ccc(Cl)cc4)CC3)C2C1=O. The van der Waals surface area contributed by atoms with Crippen LogP contribution in [-0.2, 0) is 4.79 Å². The highest BCUT2D eigenvalue weighted by atomic mass is 35.5. The molecule has 4 rings (SSSR count). The lowest BCUT2D eigenvalue weighted by atomic mass is 9.89. The lowest BCUT2D eigenvalue weighted by Crippen LogP contribution is -2.46. The molecule has 2 unspecified atom stereocenters. The number of unbranched alkanes of at least 4 members (excludes halogenated alkanes) is 1. The summed E-state index contributed by atoms with van der Waals surface area (Å²) in [4.78, 5) is 31.9. The molecule has 0 radical (unpaired) electrons. The van der Waals surface area contributed by atoms with Crippen molar-refractivity contribution >= 4 is 29.0 Å². The van der Waals surface area contributed by atoms with Crippen LogP contribution in [0.3, 0.4) is 0 Å². The van der Waals surface area contributed by atoms with Crippen molar-refractivity contribution in [3.63, 3.8) is 0 Å². The second-order valence-corrected chi connectivity index (χ2v) is 9.78. The van der Waals surface area contributed by atoms with E-state index in [1.807, 2.05) is 31.5 Å². The van der Waals surface area contributed by atoms with Crippen LogP contribution in [0.1, 0.15) is 42.5 Å². The van der Waals surface area contributed by atoms with Gasteiger partial charge in [-0.15, -0.1) is 0 Å². The van der Waals surface area contributed by atoms with Gasteiger partial charge in [0, 0.05) is 49.0 Å². The molecule has 178 valence electrons. The van der Waals surface area contributed by atoms with Crippen molar-refractivity contribution in [1.82, 2.24) is 14.7 Å². The average molecular weight is 473 g/mol. The molecule has 2 atom stereocenters. The van der Waals surface area contributed by atoms with Crippen molar-refractivity contribution in [3.05, 3.63) is 47.1 Å². The number of halogens is 1. The van der Waals surface area contributed by atoms with Crippen molar-refractivity contribution in [1.29, 1.82) is 0 Å². The Morgan fingerprint density at radius 3 is 2.52 bits per heavy atom. The van der Waals surface area contributed by atoms with E-state index in [0.29, 0.717) is 23.7 Å². The molecule has 0 saturated carbocycles. The Labute approximate surface area is 200 Å². The van der Waals surface area contributed by atoms with Gasteiger partial charge in [-0.25, -0.2) is 0 Å². The minimum absolute atomic E-state index is 0.0923. The van der Waals surface area contributed by atoms with Crippen LogP contribution >= 0.6 is 11.6 Å². The minimum atomic E-state index is -0.293. The lowest BCUT2D eigenvalue weighted by molar-refractivity contribution is -0.134. The van der Waals surface area contributed by atoms with Crippen LogP contribution < -0.4 is 0 Å². The maximum Gasteiger partial charge on any atom is 0.246 e. The standard InChI is InChI=1S/C25H33ClN4O3/c1-28-14-11-22(27-33)21-10-17-30(23(21)25(28)32)13-3-2-12-29-15-8-19(9-16-29)24(31)18-4-6-20(26)7-5-18/h4-7,10,17,19,21,23,33H,2-3,8-9,11-16H2,1H3/b27-22-. The van der Waals surface area contributed by atoms with E-state index >= 15 is 0 Å². The highest BCUT2D eigenvalue weighted by Crippen LogP contribution is 2.29. The van der Waals surface area contributed by atoms with Crippen molar-refractivity contribution in [2.45, 2.75) is 38.1 Å². The summed E-state index contributed by atoms with van der Waals surface area (Å²) in [6.45, 7) is 4.28. The van der Waals surface area contributed by atoms with Gasteiger partial charge in [-0.3, -0.25) is 9.59 Å². The molecule has 0 bridgehead atoms. The number of hydrogen-bond donors (Lipinski definition) is 1. The predicted octanol–water partition coefficient (Wildman–Crippen LogP) is 3.52. The van der Waals surface area contributed by atoms with Gasteiger partial charge in [0.05, 0.1) is 5.71 Å². The van der Waals surface area contributed by atoms with Gasteiger partial charge in [0.25, 0.3) is 0 Å². The Bertz CT molecular complexity index is 909. The third-order valence-corrected chi connectivity index (χ3v) is 7.51. The number of benzene rings is 1. The smallest absolute Gasteiger partial charge is 0.246 e. The maximum absolute atomic E-state index is 12.8. The van der Waals surface area contributed by atoms with E-state index in [-0.39, 0.29) is 29.6 Å². The number of hydrogen-bond acceptors (Lipinski definition) is 6. The number of rotatable bonds is 7. The summed E-state index contributed by atoms with van der Waals surface area (Å²) in [6, 6.07) is 6.90. The number of carbonyl (C=O) groups is 2. The van der Waals surface area contributed by atoms with E-state index in [2.05, 4.69) is 15.0 Å². The molecule has 33 heavy (non-hydrogen) atoms. The van der Waals surface area contributed by atoms with Gasteiger partial charge in [-0.1, -0.05) is 22.8 Å². The zero-order valence-electron chi connectivity index (χ0n) is 19.2. The molecule has 2 saturated heterocycles. The van der Waals surface area contributed by atoms with E-state index in [9.17, 15) is 14.8 Å². The quantitative estimate of drug-likeness (QED) is 0.284. The number of ketones is 1. The summed E-state index contributed by atoms with van der Waals surface area (Å²) < 4.78 is 0. The van der Waals surface area contributed by atoms with Gasteiger partial charge in [0.2, 0.25) is 5.91 Å². The van der Waals surface area contributed by atoms with Crippen LogP contribution in [0.2, 0.25) is 5.02 Å². The molecule has 0 aromatic heterocycles. The largest absolute Gasteiger partial charge is 0.411 e. The second-order valence-electron chi connectivity index (χ2n) is 9.35. The summed E-state index contributed by atoms with van der Waals surface area (Å²) in [5.74, 6) is 0.279. The number of likely N-dealkylation sites (tertiary alicyclic amines) is 2. The molecule has 1 amide bonds. The molecule has 7 nitrogen and oxygen atoms in total. The van der Waals surface area contributed by atoms with Crippen molar-refractivity contribution in [2.75, 3.05) is 39.8 Å². The van der Waals surface area contributed by atoms with Gasteiger partial charge in [-0.05, 0) is 75.8 Å². The zero-order chi connectivity index (χ0) is 23.4. The molecule has 3 aliphatic rings. The number of amides is 1. The second kappa shape index (κ2) is 10.7. The lowest BCUT2D eigenvalue weighted by Gasteiger charge is -2.32. The summed E-state index contributed by atoms with van der Waals surface area (Å²) in [6.07, 6.45) is 8.41. The third kappa shape index (κ3) is 5.41. The number of oxime groups is 1.